The van der Waals surface area contributed by atoms with Crippen LogP contribution in [0.2, 0.25) is 0 Å². The van der Waals surface area contributed by atoms with Gasteiger partial charge in [-0.05, 0) is 45.0 Å². The van der Waals surface area contributed by atoms with Gasteiger partial charge in [-0.3, -0.25) is 4.90 Å². The predicted octanol–water partition coefficient (Wildman–Crippen LogP) is 2.14. The Morgan fingerprint density at radius 3 is 2.50 bits per heavy atom. The first-order chi connectivity index (χ1) is 8.81. The van der Waals surface area contributed by atoms with Gasteiger partial charge in [0.15, 0.2) is 0 Å². The molecule has 2 N–H and O–H groups in total. The van der Waals surface area contributed by atoms with Gasteiger partial charge in [-0.15, -0.1) is 0 Å². The van der Waals surface area contributed by atoms with Crippen molar-refractivity contribution in [3.8, 4) is 11.5 Å². The highest BCUT2D eigenvalue weighted by Crippen LogP contribution is 2.31. The Balaban J connectivity index is 1.86. The zero-order valence-corrected chi connectivity index (χ0v) is 11.0. The van der Waals surface area contributed by atoms with Gasteiger partial charge in [-0.2, -0.15) is 0 Å². The Bertz CT molecular complexity index is 376. The van der Waals surface area contributed by atoms with Crippen LogP contribution in [-0.4, -0.2) is 37.7 Å². The molecular formula is C14H22N2O2. The standard InChI is InChI=1S/C14H22N2O2/c1-2-17-12-6-5-7-13(14(12)15)18-11-10-16-8-3-4-9-16/h5-7H,2-4,8-11,15H2,1H3. The fourth-order valence-corrected chi connectivity index (χ4v) is 2.22. The predicted molar refractivity (Wildman–Crippen MR) is 73.2 cm³/mol. The largest absolute Gasteiger partial charge is 0.492 e. The molecule has 2 rings (SSSR count). The molecule has 4 nitrogen and oxygen atoms in total. The summed E-state index contributed by atoms with van der Waals surface area (Å²) in [5, 5.41) is 0. The number of anilines is 1. The zero-order chi connectivity index (χ0) is 12.8. The van der Waals surface area contributed by atoms with Gasteiger partial charge in [-0.1, -0.05) is 6.07 Å². The van der Waals surface area contributed by atoms with Crippen LogP contribution in [0.4, 0.5) is 5.69 Å². The summed E-state index contributed by atoms with van der Waals surface area (Å²) in [6, 6.07) is 5.67. The van der Waals surface area contributed by atoms with Gasteiger partial charge in [0.25, 0.3) is 0 Å². The third-order valence-electron chi connectivity index (χ3n) is 3.19. The molecule has 1 aliphatic heterocycles. The SMILES string of the molecule is CCOc1cccc(OCCN2CCCC2)c1N. The maximum atomic E-state index is 6.00. The summed E-state index contributed by atoms with van der Waals surface area (Å²) in [7, 11) is 0. The minimum absolute atomic E-state index is 0.598. The van der Waals surface area contributed by atoms with Crippen LogP contribution < -0.4 is 15.2 Å². The van der Waals surface area contributed by atoms with Gasteiger partial charge in [-0.25, -0.2) is 0 Å². The summed E-state index contributed by atoms with van der Waals surface area (Å²) in [6.07, 6.45) is 2.62. The molecular weight excluding hydrogens is 228 g/mol. The van der Waals surface area contributed by atoms with Crippen molar-refractivity contribution in [2.24, 2.45) is 0 Å². The second kappa shape index (κ2) is 6.50. The molecule has 0 saturated carbocycles. The summed E-state index contributed by atoms with van der Waals surface area (Å²) in [6.45, 7) is 6.59. The van der Waals surface area contributed by atoms with E-state index in [2.05, 4.69) is 4.90 Å². The molecule has 0 aromatic heterocycles. The molecule has 1 heterocycles. The topological polar surface area (TPSA) is 47.7 Å². The molecule has 100 valence electrons. The van der Waals surface area contributed by atoms with Crippen molar-refractivity contribution in [3.63, 3.8) is 0 Å². The molecule has 0 aliphatic carbocycles. The van der Waals surface area contributed by atoms with E-state index in [1.807, 2.05) is 25.1 Å². The third kappa shape index (κ3) is 3.29. The van der Waals surface area contributed by atoms with Crippen LogP contribution in [0, 0.1) is 0 Å². The Morgan fingerprint density at radius 1 is 1.17 bits per heavy atom. The minimum Gasteiger partial charge on any atom is -0.492 e. The van der Waals surface area contributed by atoms with Crippen molar-refractivity contribution in [2.75, 3.05) is 38.6 Å². The van der Waals surface area contributed by atoms with Gasteiger partial charge in [0.2, 0.25) is 0 Å². The lowest BCUT2D eigenvalue weighted by atomic mass is 10.3. The molecule has 0 bridgehead atoms. The number of hydrogen-bond acceptors (Lipinski definition) is 4. The average Bonchev–Trinajstić information content (AvgIpc) is 2.87. The summed E-state index contributed by atoms with van der Waals surface area (Å²) in [5.74, 6) is 1.43. The highest BCUT2D eigenvalue weighted by atomic mass is 16.5. The monoisotopic (exact) mass is 250 g/mol. The fraction of sp³-hybridized carbons (Fsp3) is 0.571. The van der Waals surface area contributed by atoms with E-state index in [4.69, 9.17) is 15.2 Å². The summed E-state index contributed by atoms with van der Waals surface area (Å²) < 4.78 is 11.2. The van der Waals surface area contributed by atoms with E-state index in [9.17, 15) is 0 Å². The van der Waals surface area contributed by atoms with Gasteiger partial charge in [0, 0.05) is 6.54 Å². The molecule has 0 spiro atoms. The van der Waals surface area contributed by atoms with Crippen LogP contribution in [0.1, 0.15) is 19.8 Å². The lowest BCUT2D eigenvalue weighted by molar-refractivity contribution is 0.237. The van der Waals surface area contributed by atoms with Crippen molar-refractivity contribution < 1.29 is 9.47 Å². The number of ether oxygens (including phenoxy) is 2. The Kier molecular flexibility index (Phi) is 4.70. The van der Waals surface area contributed by atoms with Crippen molar-refractivity contribution >= 4 is 5.69 Å². The van der Waals surface area contributed by atoms with E-state index in [0.29, 0.717) is 24.7 Å². The van der Waals surface area contributed by atoms with Crippen LogP contribution >= 0.6 is 0 Å². The first-order valence-corrected chi connectivity index (χ1v) is 6.67. The van der Waals surface area contributed by atoms with E-state index in [-0.39, 0.29) is 0 Å². The molecule has 18 heavy (non-hydrogen) atoms. The van der Waals surface area contributed by atoms with Gasteiger partial charge >= 0.3 is 0 Å². The Hall–Kier alpha value is -1.42. The van der Waals surface area contributed by atoms with Gasteiger partial charge < -0.3 is 15.2 Å². The highest BCUT2D eigenvalue weighted by Gasteiger charge is 2.12. The second-order valence-electron chi connectivity index (χ2n) is 4.50. The summed E-state index contributed by atoms with van der Waals surface area (Å²) in [5.41, 5.74) is 6.60. The molecule has 1 aromatic carbocycles. The lowest BCUT2D eigenvalue weighted by Gasteiger charge is -2.16. The number of para-hydroxylation sites is 1. The van der Waals surface area contributed by atoms with Crippen LogP contribution in [0.25, 0.3) is 0 Å². The summed E-state index contributed by atoms with van der Waals surface area (Å²) >= 11 is 0. The van der Waals surface area contributed by atoms with E-state index in [1.165, 1.54) is 25.9 Å². The van der Waals surface area contributed by atoms with Gasteiger partial charge in [0.1, 0.15) is 23.8 Å². The van der Waals surface area contributed by atoms with Crippen LogP contribution in [0.15, 0.2) is 18.2 Å². The van der Waals surface area contributed by atoms with E-state index in [1.54, 1.807) is 0 Å². The first-order valence-electron chi connectivity index (χ1n) is 6.67. The van der Waals surface area contributed by atoms with Crippen molar-refractivity contribution in [3.05, 3.63) is 18.2 Å². The normalized spacial score (nSPS) is 15.8. The van der Waals surface area contributed by atoms with Crippen LogP contribution in [0.3, 0.4) is 0 Å². The zero-order valence-electron chi connectivity index (χ0n) is 11.0. The molecule has 1 fully saturated rings. The maximum absolute atomic E-state index is 6.00. The molecule has 1 saturated heterocycles. The van der Waals surface area contributed by atoms with Crippen molar-refractivity contribution in [2.45, 2.75) is 19.8 Å². The number of hydrogen-bond donors (Lipinski definition) is 1. The first kappa shape index (κ1) is 13.0. The number of nitrogen functional groups attached to an aromatic ring is 1. The van der Waals surface area contributed by atoms with Crippen molar-refractivity contribution in [1.82, 2.24) is 4.90 Å². The number of nitrogens with two attached hydrogens (primary N) is 1. The molecule has 1 aliphatic rings. The molecule has 4 heteroatoms. The molecule has 0 amide bonds. The third-order valence-corrected chi connectivity index (χ3v) is 3.19. The van der Waals surface area contributed by atoms with Crippen LogP contribution in [0.5, 0.6) is 11.5 Å². The molecule has 0 radical (unpaired) electrons. The second-order valence-corrected chi connectivity index (χ2v) is 4.50. The smallest absolute Gasteiger partial charge is 0.146 e. The molecule has 1 aromatic rings. The Labute approximate surface area is 109 Å². The lowest BCUT2D eigenvalue weighted by Crippen LogP contribution is -2.25. The average molecular weight is 250 g/mol. The molecule has 0 atom stereocenters. The van der Waals surface area contributed by atoms with Crippen LogP contribution in [-0.2, 0) is 0 Å². The van der Waals surface area contributed by atoms with E-state index in [0.717, 1.165) is 12.3 Å². The number of likely N-dealkylation sites (tertiary alicyclic amines) is 1. The molecule has 0 unspecified atom stereocenters. The van der Waals surface area contributed by atoms with Gasteiger partial charge in [0.05, 0.1) is 6.61 Å². The highest BCUT2D eigenvalue weighted by molar-refractivity contribution is 5.62. The summed E-state index contributed by atoms with van der Waals surface area (Å²) in [4.78, 5) is 2.42. The van der Waals surface area contributed by atoms with Crippen molar-refractivity contribution in [1.29, 1.82) is 0 Å². The number of benzene rings is 1. The Morgan fingerprint density at radius 2 is 1.83 bits per heavy atom. The fourth-order valence-electron chi connectivity index (χ4n) is 2.22. The maximum Gasteiger partial charge on any atom is 0.146 e. The number of rotatable bonds is 6. The van der Waals surface area contributed by atoms with E-state index >= 15 is 0 Å². The number of nitrogens with zero attached hydrogens (tertiary/aromatic N) is 1. The van der Waals surface area contributed by atoms with E-state index < -0.39 is 0 Å². The quantitative estimate of drug-likeness (QED) is 0.786. The minimum atomic E-state index is 0.598.